The highest BCUT2D eigenvalue weighted by Gasteiger charge is 2.28. The van der Waals surface area contributed by atoms with Gasteiger partial charge in [0, 0.05) is 0 Å². The van der Waals surface area contributed by atoms with E-state index < -0.39 is 54.5 Å². The standard InChI is InChI=1S/C10H12N6O8S2.C7H14N6O8S2/c11-7(12)21-23-25-15(9(17)18)5-1-2-6(4-3-5)16(10(19)20)26-24-22-8(13)14;1-3(13(7(16)17)23-21-19-5(10)11)2-12(6(14)15)22-20-18-4(8)9/h1-4H,(H3,11,12)(H3,13,14)(H,17,18)(H,19,20);3H,2H2,1H3,(H3,8,9)(H3,10,11)(H,14,15)(H,16,17). The van der Waals surface area contributed by atoms with Crippen LogP contribution in [0, 0.1) is 21.6 Å². The molecule has 0 saturated heterocycles. The SMILES string of the molecule is CC(CN(SOOC(=N)N)C(=O)O)N(SOOC(=N)N)C(=O)O.N=C(N)OOSN(C(=O)O)c1ccc(N(SOOC(=N)N)C(=O)O)cc1. The van der Waals surface area contributed by atoms with Gasteiger partial charge < -0.3 is 43.4 Å². The Bertz CT molecular complexity index is 1260. The summed E-state index contributed by atoms with van der Waals surface area (Å²) in [5.74, 6) is 0. The zero-order valence-corrected chi connectivity index (χ0v) is 27.3. The first-order chi connectivity index (χ1) is 22.9. The van der Waals surface area contributed by atoms with Gasteiger partial charge in [0.2, 0.25) is 0 Å². The van der Waals surface area contributed by atoms with E-state index >= 15 is 0 Å². The van der Waals surface area contributed by atoms with Crippen LogP contribution in [0.1, 0.15) is 6.92 Å². The molecule has 32 heteroatoms. The minimum atomic E-state index is -1.47. The summed E-state index contributed by atoms with van der Waals surface area (Å²) in [6, 6.07) is 0.955. The number of nitrogens with two attached hydrogens (primary N) is 4. The van der Waals surface area contributed by atoms with Gasteiger partial charge in [0.25, 0.3) is 0 Å². The van der Waals surface area contributed by atoms with Gasteiger partial charge in [-0.25, -0.2) is 49.4 Å². The van der Waals surface area contributed by atoms with Gasteiger partial charge in [-0.05, 0) is 31.2 Å². The fourth-order valence-corrected chi connectivity index (χ4v) is 4.02. The number of anilines is 2. The summed E-state index contributed by atoms with van der Waals surface area (Å²) < 4.78 is 19.9. The number of nitrogens with zero attached hydrogens (tertiary/aromatic N) is 4. The Morgan fingerprint density at radius 1 is 0.612 bits per heavy atom. The molecule has 274 valence electrons. The van der Waals surface area contributed by atoms with Gasteiger partial charge in [0.1, 0.15) is 0 Å². The Balaban J connectivity index is 0.000000949. The monoisotopic (exact) mass is 782 g/mol. The molecule has 1 unspecified atom stereocenters. The van der Waals surface area contributed by atoms with Gasteiger partial charge in [-0.15, -0.1) is 0 Å². The van der Waals surface area contributed by atoms with Crippen molar-refractivity contribution in [3.63, 3.8) is 0 Å². The molecular formula is C17H26N12O16S4. The number of carboxylic acid groups (broad SMARTS) is 4. The van der Waals surface area contributed by atoms with Crippen LogP contribution in [0.25, 0.3) is 0 Å². The number of amides is 4. The Labute approximate surface area is 290 Å². The highest BCUT2D eigenvalue weighted by Crippen LogP contribution is 2.29. The largest absolute Gasteiger partial charge is 0.464 e. The van der Waals surface area contributed by atoms with E-state index in [1.807, 2.05) is 0 Å². The molecule has 0 fully saturated rings. The molecule has 0 aromatic heterocycles. The quantitative estimate of drug-likeness (QED) is 0.0266. The zero-order valence-electron chi connectivity index (χ0n) is 24.0. The van der Waals surface area contributed by atoms with Crippen molar-refractivity contribution in [3.8, 4) is 0 Å². The predicted molar refractivity (Wildman–Crippen MR) is 168 cm³/mol. The molecule has 0 radical (unpaired) electrons. The van der Waals surface area contributed by atoms with Gasteiger partial charge >= 0.3 is 48.5 Å². The Hall–Kier alpha value is -5.38. The lowest BCUT2D eigenvalue weighted by Crippen LogP contribution is -2.41. The van der Waals surface area contributed by atoms with E-state index in [1.165, 1.54) is 31.2 Å². The number of hydrogen-bond donors (Lipinski definition) is 12. The van der Waals surface area contributed by atoms with E-state index in [0.29, 0.717) is 17.2 Å². The third-order valence-corrected chi connectivity index (χ3v) is 6.54. The lowest BCUT2D eigenvalue weighted by atomic mass is 10.3. The van der Waals surface area contributed by atoms with Crippen molar-refractivity contribution in [2.75, 3.05) is 15.2 Å². The summed E-state index contributed by atoms with van der Waals surface area (Å²) in [5, 5.41) is 63.3. The number of benzene rings is 1. The van der Waals surface area contributed by atoms with Crippen LogP contribution >= 0.6 is 48.9 Å². The summed E-state index contributed by atoms with van der Waals surface area (Å²) in [6.07, 6.45) is -5.80. The molecule has 0 heterocycles. The molecule has 1 aromatic carbocycles. The van der Waals surface area contributed by atoms with Gasteiger partial charge in [0.15, 0.2) is 48.9 Å². The summed E-state index contributed by atoms with van der Waals surface area (Å²) in [5.41, 5.74) is 19.6. The topological polar surface area (TPSA) is 435 Å². The lowest BCUT2D eigenvalue weighted by molar-refractivity contribution is -0.103. The highest BCUT2D eigenvalue weighted by atomic mass is 32.2. The van der Waals surface area contributed by atoms with Crippen molar-refractivity contribution in [2.45, 2.75) is 13.0 Å². The fourth-order valence-electron chi connectivity index (χ4n) is 2.18. The van der Waals surface area contributed by atoms with Crippen molar-refractivity contribution in [3.05, 3.63) is 24.3 Å². The third kappa shape index (κ3) is 19.1. The number of carbonyl (C=O) groups is 4. The van der Waals surface area contributed by atoms with E-state index in [1.54, 1.807) is 0 Å². The first-order valence-corrected chi connectivity index (χ1v) is 14.3. The van der Waals surface area contributed by atoms with E-state index in [2.05, 4.69) is 36.9 Å². The molecule has 1 rings (SSSR count). The molecule has 1 aromatic rings. The van der Waals surface area contributed by atoms with Gasteiger partial charge in [0.05, 0.1) is 24.0 Å². The minimum Gasteiger partial charge on any atom is -0.464 e. The molecule has 0 bridgehead atoms. The summed E-state index contributed by atoms with van der Waals surface area (Å²) in [6.45, 7) is 0.991. The van der Waals surface area contributed by atoms with Crippen molar-refractivity contribution in [1.82, 2.24) is 8.61 Å². The molecular weight excluding hydrogens is 757 g/mol. The molecule has 1 atom stereocenters. The van der Waals surface area contributed by atoms with Crippen LogP contribution in [-0.2, 0) is 36.9 Å². The average molecular weight is 783 g/mol. The highest BCUT2D eigenvalue weighted by molar-refractivity contribution is 7.97. The van der Waals surface area contributed by atoms with E-state index in [-0.39, 0.29) is 66.8 Å². The van der Waals surface area contributed by atoms with Crippen LogP contribution in [0.3, 0.4) is 0 Å². The van der Waals surface area contributed by atoms with Crippen molar-refractivity contribution in [1.29, 1.82) is 21.6 Å². The molecule has 28 nitrogen and oxygen atoms in total. The predicted octanol–water partition coefficient (Wildman–Crippen LogP) is 1.61. The second-order valence-electron chi connectivity index (χ2n) is 7.33. The van der Waals surface area contributed by atoms with Crippen LogP contribution in [0.2, 0.25) is 0 Å². The van der Waals surface area contributed by atoms with Crippen LogP contribution < -0.4 is 31.5 Å². The molecule has 0 aliphatic carbocycles. The summed E-state index contributed by atoms with van der Waals surface area (Å²) in [4.78, 5) is 61.1. The first-order valence-electron chi connectivity index (χ1n) is 11.5. The number of nitrogens with one attached hydrogen (secondary N) is 4. The lowest BCUT2D eigenvalue weighted by Gasteiger charge is -2.26. The summed E-state index contributed by atoms with van der Waals surface area (Å²) in [7, 11) is 0. The Morgan fingerprint density at radius 2 is 0.939 bits per heavy atom. The molecule has 0 aliphatic heterocycles. The van der Waals surface area contributed by atoms with Gasteiger partial charge in [-0.3, -0.25) is 19.6 Å². The normalized spacial score (nSPS) is 10.5. The van der Waals surface area contributed by atoms with Gasteiger partial charge in [-0.1, -0.05) is 17.3 Å². The van der Waals surface area contributed by atoms with Crippen molar-refractivity contribution in [2.24, 2.45) is 22.9 Å². The number of rotatable bonds is 17. The molecule has 16 N–H and O–H groups in total. The first kappa shape index (κ1) is 43.6. The smallest absolute Gasteiger partial charge is 0.424 e. The molecule has 0 aliphatic rings. The molecule has 4 amide bonds. The van der Waals surface area contributed by atoms with Crippen LogP contribution in [0.15, 0.2) is 24.3 Å². The fraction of sp³-hybridized carbons (Fsp3) is 0.176. The maximum absolute atomic E-state index is 11.2. The van der Waals surface area contributed by atoms with Crippen LogP contribution in [0.5, 0.6) is 0 Å². The van der Waals surface area contributed by atoms with Crippen molar-refractivity contribution >= 4 is 109 Å². The zero-order chi connectivity index (χ0) is 37.7. The van der Waals surface area contributed by atoms with Crippen LogP contribution in [0.4, 0.5) is 30.6 Å². The molecule has 49 heavy (non-hydrogen) atoms. The second-order valence-corrected chi connectivity index (χ2v) is 10.0. The van der Waals surface area contributed by atoms with E-state index in [4.69, 9.17) is 65.0 Å². The van der Waals surface area contributed by atoms with Crippen molar-refractivity contribution < 1.29 is 76.5 Å². The Morgan fingerprint density at radius 3 is 1.22 bits per heavy atom. The maximum Gasteiger partial charge on any atom is 0.424 e. The summed E-state index contributed by atoms with van der Waals surface area (Å²) >= 11 is 0.808. The molecule has 0 saturated carbocycles. The minimum absolute atomic E-state index is 0.0784. The molecule has 0 spiro atoms. The number of hydrogen-bond acceptors (Lipinski definition) is 20. The second kappa shape index (κ2) is 23.0. The van der Waals surface area contributed by atoms with Crippen LogP contribution in [-0.4, -0.2) is 90.1 Å². The third-order valence-electron chi connectivity index (χ3n) is 3.83. The average Bonchev–Trinajstić information content (AvgIpc) is 2.98. The van der Waals surface area contributed by atoms with E-state index in [0.717, 1.165) is 0 Å². The number of amidine groups is 4. The van der Waals surface area contributed by atoms with E-state index in [9.17, 15) is 19.2 Å². The maximum atomic E-state index is 11.2. The van der Waals surface area contributed by atoms with Gasteiger partial charge in [-0.2, -0.15) is 8.61 Å². The Kier molecular flexibility index (Phi) is 20.5.